The van der Waals surface area contributed by atoms with Crippen molar-refractivity contribution in [1.29, 1.82) is 0 Å². The van der Waals surface area contributed by atoms with Gasteiger partial charge in [0.25, 0.3) is 0 Å². The van der Waals surface area contributed by atoms with Crippen molar-refractivity contribution in [3.63, 3.8) is 0 Å². The minimum absolute atomic E-state index is 0.0634. The van der Waals surface area contributed by atoms with Crippen LogP contribution in [0, 0.1) is 5.92 Å². The fourth-order valence-corrected chi connectivity index (χ4v) is 3.47. The zero-order valence-electron chi connectivity index (χ0n) is 10.6. The molecule has 0 heterocycles. The maximum absolute atomic E-state index is 11.1. The largest absolute Gasteiger partial charge is 0.492 e. The first-order valence-electron chi connectivity index (χ1n) is 5.90. The number of benzene rings is 1. The molecule has 1 unspecified atom stereocenters. The Labute approximate surface area is 127 Å². The van der Waals surface area contributed by atoms with E-state index in [1.54, 1.807) is 18.2 Å². The van der Waals surface area contributed by atoms with Crippen LogP contribution in [0.5, 0.6) is 5.75 Å². The van der Waals surface area contributed by atoms with E-state index in [0.717, 1.165) is 17.3 Å². The Morgan fingerprint density at radius 2 is 2.16 bits per heavy atom. The standard InChI is InChI=1S/C12H17BrClNO3S/c1-2-3-9(8-19(15,16)17)7-18-12-5-4-10(14)6-11(12)13/h4-6,9H,2-3,7-8H2,1H3,(H2,15,16,17). The first-order chi connectivity index (χ1) is 8.81. The van der Waals surface area contributed by atoms with Crippen molar-refractivity contribution < 1.29 is 13.2 Å². The van der Waals surface area contributed by atoms with E-state index in [2.05, 4.69) is 15.9 Å². The van der Waals surface area contributed by atoms with Crippen LogP contribution in [-0.4, -0.2) is 20.8 Å². The second kappa shape index (κ2) is 7.47. The monoisotopic (exact) mass is 369 g/mol. The summed E-state index contributed by atoms with van der Waals surface area (Å²) in [5.74, 6) is 0.467. The molecule has 0 spiro atoms. The van der Waals surface area contributed by atoms with Crippen LogP contribution in [0.1, 0.15) is 19.8 Å². The molecular weight excluding hydrogens is 354 g/mol. The van der Waals surface area contributed by atoms with Crippen molar-refractivity contribution in [2.24, 2.45) is 11.1 Å². The molecular formula is C12H17BrClNO3S. The van der Waals surface area contributed by atoms with Gasteiger partial charge in [-0.25, -0.2) is 13.6 Å². The molecule has 0 amide bonds. The third-order valence-corrected chi connectivity index (χ3v) is 4.32. The lowest BCUT2D eigenvalue weighted by atomic mass is 10.1. The smallest absolute Gasteiger partial charge is 0.209 e. The van der Waals surface area contributed by atoms with E-state index in [1.807, 2.05) is 6.92 Å². The topological polar surface area (TPSA) is 69.4 Å². The Bertz CT molecular complexity index is 522. The Kier molecular flexibility index (Phi) is 6.59. The highest BCUT2D eigenvalue weighted by molar-refractivity contribution is 9.10. The first-order valence-corrected chi connectivity index (χ1v) is 8.78. The van der Waals surface area contributed by atoms with Crippen LogP contribution in [0.15, 0.2) is 22.7 Å². The summed E-state index contributed by atoms with van der Waals surface area (Å²) in [6, 6.07) is 5.19. The minimum Gasteiger partial charge on any atom is -0.492 e. The van der Waals surface area contributed by atoms with Crippen molar-refractivity contribution in [1.82, 2.24) is 0 Å². The van der Waals surface area contributed by atoms with Crippen LogP contribution in [0.4, 0.5) is 0 Å². The van der Waals surface area contributed by atoms with Crippen LogP contribution in [0.2, 0.25) is 5.02 Å². The molecule has 0 aliphatic carbocycles. The average Bonchev–Trinajstić information content (AvgIpc) is 2.26. The van der Waals surface area contributed by atoms with E-state index in [9.17, 15) is 8.42 Å². The van der Waals surface area contributed by atoms with E-state index in [-0.39, 0.29) is 11.7 Å². The van der Waals surface area contributed by atoms with Crippen molar-refractivity contribution in [2.45, 2.75) is 19.8 Å². The number of primary sulfonamides is 1. The SMILES string of the molecule is CCCC(COc1ccc(Cl)cc1Br)CS(N)(=O)=O. The number of hydrogen-bond acceptors (Lipinski definition) is 3. The summed E-state index contributed by atoms with van der Waals surface area (Å²) in [4.78, 5) is 0. The van der Waals surface area contributed by atoms with E-state index in [0.29, 0.717) is 17.4 Å². The molecule has 0 bridgehead atoms. The van der Waals surface area contributed by atoms with Crippen molar-refractivity contribution in [2.75, 3.05) is 12.4 Å². The van der Waals surface area contributed by atoms with Gasteiger partial charge in [0.05, 0.1) is 16.8 Å². The summed E-state index contributed by atoms with van der Waals surface area (Å²) < 4.78 is 28.6. The van der Waals surface area contributed by atoms with Crippen LogP contribution in [0.25, 0.3) is 0 Å². The molecule has 1 rings (SSSR count). The lowest BCUT2D eigenvalue weighted by Crippen LogP contribution is -2.27. The quantitative estimate of drug-likeness (QED) is 0.801. The number of halogens is 2. The van der Waals surface area contributed by atoms with Gasteiger partial charge in [-0.05, 0) is 40.5 Å². The lowest BCUT2D eigenvalue weighted by molar-refractivity contribution is 0.251. The van der Waals surface area contributed by atoms with E-state index >= 15 is 0 Å². The molecule has 0 aliphatic rings. The second-order valence-electron chi connectivity index (χ2n) is 4.37. The second-order valence-corrected chi connectivity index (χ2v) is 7.32. The van der Waals surface area contributed by atoms with Gasteiger partial charge in [0.2, 0.25) is 10.0 Å². The molecule has 0 aromatic heterocycles. The Hall–Kier alpha value is -0.300. The molecule has 1 atom stereocenters. The summed E-state index contributed by atoms with van der Waals surface area (Å²) >= 11 is 9.18. The Balaban J connectivity index is 2.65. The highest BCUT2D eigenvalue weighted by Gasteiger charge is 2.16. The lowest BCUT2D eigenvalue weighted by Gasteiger charge is -2.16. The number of rotatable bonds is 7. The fraction of sp³-hybridized carbons (Fsp3) is 0.500. The van der Waals surface area contributed by atoms with Gasteiger partial charge in [-0.15, -0.1) is 0 Å². The van der Waals surface area contributed by atoms with Gasteiger partial charge in [0.1, 0.15) is 5.75 Å². The fourth-order valence-electron chi connectivity index (χ4n) is 1.75. The summed E-state index contributed by atoms with van der Waals surface area (Å²) in [7, 11) is -3.48. The Morgan fingerprint density at radius 3 is 2.68 bits per heavy atom. The molecule has 19 heavy (non-hydrogen) atoms. The van der Waals surface area contributed by atoms with Crippen LogP contribution in [-0.2, 0) is 10.0 Å². The molecule has 0 radical (unpaired) electrons. The molecule has 0 saturated heterocycles. The molecule has 4 nitrogen and oxygen atoms in total. The van der Waals surface area contributed by atoms with Gasteiger partial charge in [-0.2, -0.15) is 0 Å². The Morgan fingerprint density at radius 1 is 1.47 bits per heavy atom. The van der Waals surface area contributed by atoms with E-state index in [1.165, 1.54) is 0 Å². The zero-order valence-corrected chi connectivity index (χ0v) is 13.8. The maximum Gasteiger partial charge on any atom is 0.209 e. The molecule has 0 aliphatic heterocycles. The van der Waals surface area contributed by atoms with Crippen molar-refractivity contribution in [3.8, 4) is 5.75 Å². The highest BCUT2D eigenvalue weighted by Crippen LogP contribution is 2.28. The molecule has 0 saturated carbocycles. The molecule has 1 aromatic carbocycles. The van der Waals surface area contributed by atoms with Gasteiger partial charge in [0, 0.05) is 10.9 Å². The van der Waals surface area contributed by atoms with Gasteiger partial charge < -0.3 is 4.74 Å². The predicted octanol–water partition coefficient (Wildman–Crippen LogP) is 3.19. The van der Waals surface area contributed by atoms with Crippen molar-refractivity contribution in [3.05, 3.63) is 27.7 Å². The van der Waals surface area contributed by atoms with Crippen LogP contribution < -0.4 is 9.88 Å². The first kappa shape index (κ1) is 16.8. The third kappa shape index (κ3) is 6.61. The number of sulfonamides is 1. The molecule has 2 N–H and O–H groups in total. The maximum atomic E-state index is 11.1. The van der Waals surface area contributed by atoms with Crippen LogP contribution >= 0.6 is 27.5 Å². The molecule has 0 fully saturated rings. The number of ether oxygens (including phenoxy) is 1. The van der Waals surface area contributed by atoms with E-state index < -0.39 is 10.0 Å². The molecule has 108 valence electrons. The van der Waals surface area contributed by atoms with Crippen molar-refractivity contribution >= 4 is 37.6 Å². The summed E-state index contributed by atoms with van der Waals surface area (Å²) in [6.45, 7) is 2.30. The summed E-state index contributed by atoms with van der Waals surface area (Å²) in [5.41, 5.74) is 0. The van der Waals surface area contributed by atoms with Gasteiger partial charge in [0.15, 0.2) is 0 Å². The predicted molar refractivity (Wildman–Crippen MR) is 81.0 cm³/mol. The number of hydrogen-bond donors (Lipinski definition) is 1. The number of nitrogens with two attached hydrogens (primary N) is 1. The molecule has 1 aromatic rings. The van der Waals surface area contributed by atoms with Gasteiger partial charge in [-0.1, -0.05) is 24.9 Å². The summed E-state index contributed by atoms with van der Waals surface area (Å²) in [5, 5.41) is 5.68. The highest BCUT2D eigenvalue weighted by atomic mass is 79.9. The van der Waals surface area contributed by atoms with Gasteiger partial charge >= 0.3 is 0 Å². The summed E-state index contributed by atoms with van der Waals surface area (Å²) in [6.07, 6.45) is 1.63. The zero-order chi connectivity index (χ0) is 14.5. The van der Waals surface area contributed by atoms with E-state index in [4.69, 9.17) is 21.5 Å². The molecule has 7 heteroatoms. The normalized spacial score (nSPS) is 13.3. The van der Waals surface area contributed by atoms with Crippen LogP contribution in [0.3, 0.4) is 0 Å². The third-order valence-electron chi connectivity index (χ3n) is 2.53. The minimum atomic E-state index is -3.48. The average molecular weight is 371 g/mol. The van der Waals surface area contributed by atoms with Gasteiger partial charge in [-0.3, -0.25) is 0 Å².